The van der Waals surface area contributed by atoms with Gasteiger partial charge in [0.2, 0.25) is 0 Å². The Bertz CT molecular complexity index is 583. The van der Waals surface area contributed by atoms with E-state index >= 15 is 0 Å². The van der Waals surface area contributed by atoms with Crippen molar-refractivity contribution in [1.29, 1.82) is 0 Å². The molecular formula is C12H12BrNO3. The first-order valence-electron chi connectivity index (χ1n) is 5.62. The van der Waals surface area contributed by atoms with E-state index in [0.717, 1.165) is 30.5 Å². The minimum atomic E-state index is -0.416. The number of aromatic amines is 1. The second kappa shape index (κ2) is 4.31. The van der Waals surface area contributed by atoms with Gasteiger partial charge < -0.3 is 9.15 Å². The summed E-state index contributed by atoms with van der Waals surface area (Å²) < 4.78 is 10.7. The average molecular weight is 298 g/mol. The number of hydrogen-bond donors (Lipinski definition) is 1. The molecule has 1 N–H and O–H groups in total. The molecule has 0 saturated carbocycles. The zero-order valence-corrected chi connectivity index (χ0v) is 10.7. The van der Waals surface area contributed by atoms with Crippen LogP contribution in [0.4, 0.5) is 0 Å². The second-order valence-corrected chi connectivity index (χ2v) is 5.21. The minimum absolute atomic E-state index is 0.148. The summed E-state index contributed by atoms with van der Waals surface area (Å²) in [5.41, 5.74) is 2.40. The van der Waals surface area contributed by atoms with Gasteiger partial charge in [-0.1, -0.05) is 22.0 Å². The predicted octanol–water partition coefficient (Wildman–Crippen LogP) is 2.74. The fraction of sp³-hybridized carbons (Fsp3) is 0.417. The Morgan fingerprint density at radius 2 is 2.35 bits per heavy atom. The molecule has 0 spiro atoms. The summed E-state index contributed by atoms with van der Waals surface area (Å²) in [4.78, 5) is 13.8. The van der Waals surface area contributed by atoms with Crippen molar-refractivity contribution in [2.75, 3.05) is 6.61 Å². The molecule has 1 aliphatic heterocycles. The van der Waals surface area contributed by atoms with E-state index in [1.54, 1.807) is 0 Å². The van der Waals surface area contributed by atoms with Crippen LogP contribution in [0.2, 0.25) is 0 Å². The van der Waals surface area contributed by atoms with E-state index in [-0.39, 0.29) is 10.9 Å². The van der Waals surface area contributed by atoms with Crippen LogP contribution in [0.25, 0.3) is 11.1 Å². The van der Waals surface area contributed by atoms with Crippen LogP contribution in [0.5, 0.6) is 0 Å². The molecule has 2 heterocycles. The van der Waals surface area contributed by atoms with Crippen LogP contribution in [-0.2, 0) is 4.74 Å². The third kappa shape index (κ3) is 2.05. The van der Waals surface area contributed by atoms with Crippen LogP contribution in [-0.4, -0.2) is 17.7 Å². The van der Waals surface area contributed by atoms with Crippen LogP contribution >= 0.6 is 15.9 Å². The van der Waals surface area contributed by atoms with Crippen molar-refractivity contribution < 1.29 is 9.15 Å². The highest BCUT2D eigenvalue weighted by Crippen LogP contribution is 2.34. The third-order valence-corrected chi connectivity index (χ3v) is 4.17. The number of benzene rings is 1. The Morgan fingerprint density at radius 3 is 3.12 bits per heavy atom. The van der Waals surface area contributed by atoms with Gasteiger partial charge in [-0.3, -0.25) is 4.98 Å². The summed E-state index contributed by atoms with van der Waals surface area (Å²) in [6.45, 7) is 0.828. The Balaban J connectivity index is 1.96. The van der Waals surface area contributed by atoms with Gasteiger partial charge in [-0.25, -0.2) is 4.79 Å². The highest BCUT2D eigenvalue weighted by atomic mass is 79.9. The third-order valence-electron chi connectivity index (χ3n) is 3.05. The van der Waals surface area contributed by atoms with Crippen molar-refractivity contribution in [3.8, 4) is 0 Å². The Labute approximate surface area is 106 Å². The average Bonchev–Trinajstić information content (AvgIpc) is 2.94. The van der Waals surface area contributed by atoms with Crippen LogP contribution in [0.1, 0.15) is 23.2 Å². The maximum atomic E-state index is 11.1. The number of halogens is 1. The molecule has 4 nitrogen and oxygen atoms in total. The standard InChI is InChI=1S/C12H12BrNO3/c13-11(9-2-1-5-16-9)7-3-4-8-10(6-7)17-12(15)14-8/h3-4,6,9,11H,1-2,5H2,(H,14,15). The number of alkyl halides is 1. The largest absolute Gasteiger partial charge is 0.417 e. The fourth-order valence-electron chi connectivity index (χ4n) is 2.18. The SMILES string of the molecule is O=c1[nH]c2ccc(C(Br)C3CCCO3)cc2o1. The molecule has 3 rings (SSSR count). The molecular weight excluding hydrogens is 286 g/mol. The van der Waals surface area contributed by atoms with Gasteiger partial charge in [-0.2, -0.15) is 0 Å². The van der Waals surface area contributed by atoms with E-state index in [4.69, 9.17) is 9.15 Å². The number of aromatic nitrogens is 1. The first-order chi connectivity index (χ1) is 8.24. The molecule has 1 fully saturated rings. The Kier molecular flexibility index (Phi) is 2.80. The van der Waals surface area contributed by atoms with Crippen molar-refractivity contribution in [3.63, 3.8) is 0 Å². The Morgan fingerprint density at radius 1 is 1.47 bits per heavy atom. The molecule has 2 aromatic rings. The van der Waals surface area contributed by atoms with Gasteiger partial charge in [0, 0.05) is 6.61 Å². The molecule has 0 amide bonds. The molecule has 2 unspecified atom stereocenters. The highest BCUT2D eigenvalue weighted by molar-refractivity contribution is 9.09. The lowest BCUT2D eigenvalue weighted by molar-refractivity contribution is 0.110. The normalized spacial score (nSPS) is 22.1. The Hall–Kier alpha value is -1.07. The van der Waals surface area contributed by atoms with Crippen molar-refractivity contribution in [2.45, 2.75) is 23.8 Å². The quantitative estimate of drug-likeness (QED) is 0.867. The topological polar surface area (TPSA) is 55.2 Å². The van der Waals surface area contributed by atoms with Gasteiger partial charge in [0.15, 0.2) is 5.58 Å². The molecule has 0 bridgehead atoms. The molecule has 0 radical (unpaired) electrons. The maximum absolute atomic E-state index is 11.1. The van der Waals surface area contributed by atoms with Gasteiger partial charge in [0.25, 0.3) is 0 Å². The van der Waals surface area contributed by atoms with E-state index in [0.29, 0.717) is 5.58 Å². The first kappa shape index (κ1) is 11.0. The summed E-state index contributed by atoms with van der Waals surface area (Å²) in [6.07, 6.45) is 2.37. The molecule has 2 atom stereocenters. The van der Waals surface area contributed by atoms with Crippen molar-refractivity contribution in [1.82, 2.24) is 4.98 Å². The van der Waals surface area contributed by atoms with E-state index in [1.165, 1.54) is 0 Å². The summed E-state index contributed by atoms with van der Waals surface area (Å²) >= 11 is 3.65. The van der Waals surface area contributed by atoms with Crippen molar-refractivity contribution in [3.05, 3.63) is 34.3 Å². The van der Waals surface area contributed by atoms with Crippen LogP contribution in [0.3, 0.4) is 0 Å². The molecule has 90 valence electrons. The van der Waals surface area contributed by atoms with Gasteiger partial charge in [-0.15, -0.1) is 0 Å². The number of hydrogen-bond acceptors (Lipinski definition) is 3. The minimum Gasteiger partial charge on any atom is -0.408 e. The molecule has 1 aromatic heterocycles. The summed E-state index contributed by atoms with van der Waals surface area (Å²) in [6, 6.07) is 5.72. The van der Waals surface area contributed by atoms with E-state index in [1.807, 2.05) is 18.2 Å². The molecule has 1 saturated heterocycles. The molecule has 17 heavy (non-hydrogen) atoms. The predicted molar refractivity (Wildman–Crippen MR) is 67.5 cm³/mol. The fourth-order valence-corrected chi connectivity index (χ4v) is 2.88. The van der Waals surface area contributed by atoms with E-state index in [9.17, 15) is 4.79 Å². The van der Waals surface area contributed by atoms with Crippen molar-refractivity contribution in [2.24, 2.45) is 0 Å². The van der Waals surface area contributed by atoms with Gasteiger partial charge >= 0.3 is 5.76 Å². The lowest BCUT2D eigenvalue weighted by Crippen LogP contribution is -2.12. The van der Waals surface area contributed by atoms with E-state index < -0.39 is 5.76 Å². The molecule has 1 aliphatic rings. The lowest BCUT2D eigenvalue weighted by atomic mass is 10.1. The number of ether oxygens (including phenoxy) is 1. The number of fused-ring (bicyclic) bond motifs is 1. The first-order valence-corrected chi connectivity index (χ1v) is 6.54. The van der Waals surface area contributed by atoms with Crippen molar-refractivity contribution >= 4 is 27.0 Å². The highest BCUT2D eigenvalue weighted by Gasteiger charge is 2.25. The number of nitrogens with one attached hydrogen (secondary N) is 1. The molecule has 5 heteroatoms. The second-order valence-electron chi connectivity index (χ2n) is 4.22. The zero-order chi connectivity index (χ0) is 11.8. The summed E-state index contributed by atoms with van der Waals surface area (Å²) in [5, 5.41) is 0. The van der Waals surface area contributed by atoms with Gasteiger partial charge in [-0.05, 0) is 30.5 Å². The maximum Gasteiger partial charge on any atom is 0.417 e. The van der Waals surface area contributed by atoms with Crippen LogP contribution < -0.4 is 5.76 Å². The van der Waals surface area contributed by atoms with Gasteiger partial charge in [0.05, 0.1) is 16.4 Å². The molecule has 0 aliphatic carbocycles. The zero-order valence-electron chi connectivity index (χ0n) is 9.11. The lowest BCUT2D eigenvalue weighted by Gasteiger charge is -2.16. The summed E-state index contributed by atoms with van der Waals surface area (Å²) in [7, 11) is 0. The van der Waals surface area contributed by atoms with Crippen LogP contribution in [0, 0.1) is 0 Å². The van der Waals surface area contributed by atoms with Gasteiger partial charge in [0.1, 0.15) is 0 Å². The number of oxazole rings is 1. The molecule has 1 aromatic carbocycles. The smallest absolute Gasteiger partial charge is 0.408 e. The number of rotatable bonds is 2. The summed E-state index contributed by atoms with van der Waals surface area (Å²) in [5.74, 6) is -0.416. The monoisotopic (exact) mass is 297 g/mol. The number of H-pyrrole nitrogens is 1. The van der Waals surface area contributed by atoms with E-state index in [2.05, 4.69) is 20.9 Å². The van der Waals surface area contributed by atoms with Crippen LogP contribution in [0.15, 0.2) is 27.4 Å².